The van der Waals surface area contributed by atoms with E-state index >= 15 is 0 Å². The van der Waals surface area contributed by atoms with Gasteiger partial charge in [-0.2, -0.15) is 5.10 Å². The van der Waals surface area contributed by atoms with Crippen LogP contribution in [0.1, 0.15) is 52.1 Å². The molecule has 4 atom stereocenters. The van der Waals surface area contributed by atoms with Gasteiger partial charge in [-0.25, -0.2) is 28.4 Å². The minimum atomic E-state index is -0.590. The maximum atomic E-state index is 14.6. The highest BCUT2D eigenvalue weighted by Gasteiger charge is 2.38. The summed E-state index contributed by atoms with van der Waals surface area (Å²) >= 11 is 0. The molecule has 3 amide bonds. The number of fused-ring (bicyclic) bond motifs is 1. The van der Waals surface area contributed by atoms with Crippen molar-refractivity contribution in [2.24, 2.45) is 10.1 Å². The Bertz CT molecular complexity index is 1210. The topological polar surface area (TPSA) is 93.1 Å². The lowest BCUT2D eigenvalue weighted by Crippen LogP contribution is -2.59. The molecular formula is C27H35F2N7O3. The summed E-state index contributed by atoms with van der Waals surface area (Å²) in [7, 11) is 0. The van der Waals surface area contributed by atoms with Crippen molar-refractivity contribution in [2.45, 2.75) is 70.4 Å². The van der Waals surface area contributed by atoms with Gasteiger partial charge in [-0.1, -0.05) is 0 Å². The zero-order valence-electron chi connectivity index (χ0n) is 22.7. The molecule has 1 aromatic carbocycles. The molecule has 1 N–H and O–H groups in total. The summed E-state index contributed by atoms with van der Waals surface area (Å²) in [6, 6.07) is 2.25. The number of piperazine rings is 1. The number of carbonyl (C=O) groups excluding carboxylic acids is 2. The molecule has 2 fully saturated rings. The molecule has 12 heteroatoms. The molecule has 0 spiro atoms. The van der Waals surface area contributed by atoms with Crippen LogP contribution < -0.4 is 5.32 Å². The summed E-state index contributed by atoms with van der Waals surface area (Å²) in [6.45, 7) is 9.13. The lowest BCUT2D eigenvalue weighted by molar-refractivity contribution is 0.00524. The molecule has 10 nitrogen and oxygen atoms in total. The van der Waals surface area contributed by atoms with Gasteiger partial charge in [0.25, 0.3) is 0 Å². The van der Waals surface area contributed by atoms with Crippen LogP contribution in [0.4, 0.5) is 18.4 Å². The molecule has 2 saturated heterocycles. The zero-order chi connectivity index (χ0) is 27.9. The average Bonchev–Trinajstić information content (AvgIpc) is 3.51. The fraction of sp³-hybridized carbons (Fsp3) is 0.556. The lowest BCUT2D eigenvalue weighted by Gasteiger charge is -2.40. The van der Waals surface area contributed by atoms with Crippen molar-refractivity contribution in [3.05, 3.63) is 47.7 Å². The number of carbonyl (C=O) groups is 2. The molecule has 4 aliphatic rings. The number of nitrogens with one attached hydrogen (secondary N) is 1. The number of ether oxygens (including phenoxy) is 1. The molecule has 4 aliphatic heterocycles. The summed E-state index contributed by atoms with van der Waals surface area (Å²) in [6.07, 6.45) is 5.88. The van der Waals surface area contributed by atoms with Crippen molar-refractivity contribution in [2.75, 3.05) is 26.2 Å². The van der Waals surface area contributed by atoms with E-state index in [1.807, 2.05) is 38.7 Å². The van der Waals surface area contributed by atoms with E-state index < -0.39 is 29.4 Å². The predicted molar refractivity (Wildman–Crippen MR) is 142 cm³/mol. The number of hydrogen-bond donors (Lipinski definition) is 1. The number of hydrazone groups is 1. The molecule has 0 aromatic heterocycles. The second-order valence-electron chi connectivity index (χ2n) is 11.3. The number of nitrogens with zero attached hydrogens (tertiary/aromatic N) is 6. The Balaban J connectivity index is 1.23. The number of rotatable bonds is 2. The minimum absolute atomic E-state index is 0.203. The molecule has 0 bridgehead atoms. The van der Waals surface area contributed by atoms with Gasteiger partial charge in [-0.05, 0) is 64.8 Å². The van der Waals surface area contributed by atoms with E-state index in [0.29, 0.717) is 44.0 Å². The first-order valence-corrected chi connectivity index (χ1v) is 13.4. The Kier molecular flexibility index (Phi) is 7.21. The van der Waals surface area contributed by atoms with Crippen LogP contribution in [0.3, 0.4) is 0 Å². The zero-order valence-corrected chi connectivity index (χ0v) is 22.7. The van der Waals surface area contributed by atoms with E-state index in [4.69, 9.17) is 9.73 Å². The molecular weight excluding hydrogens is 508 g/mol. The van der Waals surface area contributed by atoms with Gasteiger partial charge >= 0.3 is 12.1 Å². The third-order valence-corrected chi connectivity index (χ3v) is 7.29. The highest BCUT2D eigenvalue weighted by Crippen LogP contribution is 2.35. The molecule has 39 heavy (non-hydrogen) atoms. The number of amides is 3. The van der Waals surface area contributed by atoms with Crippen molar-refractivity contribution >= 4 is 24.2 Å². The first kappa shape index (κ1) is 26.9. The van der Waals surface area contributed by atoms with Gasteiger partial charge in [0.15, 0.2) is 6.17 Å². The standard InChI is InChI=1S/C27H35F2N7O3/c1-17-16-33(12-13-34(17)26(38)39-27(2,3)4)25(37)31-21-15-30-36-11-9-23(32-24(21)36)35-10-5-6-22(35)19-14-18(28)7-8-20(19)29/h7-9,11,14-15,17,21-22,24H,5-6,10,12-13,16H2,1-4H3,(H,31,37)/t17-,21?,22+,24?/m0/s1. The van der Waals surface area contributed by atoms with Gasteiger partial charge < -0.3 is 24.8 Å². The average molecular weight is 544 g/mol. The van der Waals surface area contributed by atoms with Crippen molar-refractivity contribution in [3.8, 4) is 0 Å². The Labute approximate surface area is 226 Å². The Hall–Kier alpha value is -3.70. The number of amidine groups is 1. The van der Waals surface area contributed by atoms with Crippen molar-refractivity contribution in [1.29, 1.82) is 0 Å². The largest absolute Gasteiger partial charge is 0.444 e. The monoisotopic (exact) mass is 543 g/mol. The van der Waals surface area contributed by atoms with Crippen LogP contribution in [-0.2, 0) is 4.74 Å². The molecule has 4 heterocycles. The Morgan fingerprint density at radius 1 is 1.15 bits per heavy atom. The molecule has 1 aromatic rings. The SMILES string of the molecule is C[C@H]1CN(C(=O)NC2C=NN3C=CC(N4CCC[C@@H]4c4cc(F)ccc4F)=NC23)CCN1C(=O)OC(C)(C)C. The van der Waals surface area contributed by atoms with Crippen molar-refractivity contribution in [1.82, 2.24) is 25.0 Å². The minimum Gasteiger partial charge on any atom is -0.444 e. The number of halogens is 2. The van der Waals surface area contributed by atoms with Gasteiger partial charge in [0.2, 0.25) is 0 Å². The van der Waals surface area contributed by atoms with Gasteiger partial charge in [0, 0.05) is 44.0 Å². The van der Waals surface area contributed by atoms with E-state index in [2.05, 4.69) is 10.4 Å². The maximum absolute atomic E-state index is 14.6. The molecule has 0 radical (unpaired) electrons. The van der Waals surface area contributed by atoms with Crippen LogP contribution >= 0.6 is 0 Å². The van der Waals surface area contributed by atoms with Crippen LogP contribution in [0.5, 0.6) is 0 Å². The Morgan fingerprint density at radius 2 is 1.95 bits per heavy atom. The molecule has 0 saturated carbocycles. The quantitative estimate of drug-likeness (QED) is 0.615. The fourth-order valence-corrected chi connectivity index (χ4v) is 5.43. The Morgan fingerprint density at radius 3 is 2.69 bits per heavy atom. The van der Waals surface area contributed by atoms with Crippen LogP contribution in [-0.4, -0.2) is 93.9 Å². The number of urea groups is 1. The van der Waals surface area contributed by atoms with E-state index in [-0.39, 0.29) is 24.2 Å². The maximum Gasteiger partial charge on any atom is 0.410 e. The van der Waals surface area contributed by atoms with Gasteiger partial charge in [-0.15, -0.1) is 0 Å². The van der Waals surface area contributed by atoms with Crippen LogP contribution in [0.25, 0.3) is 0 Å². The second-order valence-corrected chi connectivity index (χ2v) is 11.3. The van der Waals surface area contributed by atoms with Gasteiger partial charge in [0.05, 0.1) is 12.3 Å². The van der Waals surface area contributed by atoms with E-state index in [1.54, 1.807) is 27.2 Å². The molecule has 2 unspecified atom stereocenters. The first-order chi connectivity index (χ1) is 18.5. The fourth-order valence-electron chi connectivity index (χ4n) is 5.43. The van der Waals surface area contributed by atoms with E-state index in [1.165, 1.54) is 6.07 Å². The number of hydrogen-bond acceptors (Lipinski definition) is 7. The third kappa shape index (κ3) is 5.69. The summed E-state index contributed by atoms with van der Waals surface area (Å²) in [5, 5.41) is 9.05. The predicted octanol–water partition coefficient (Wildman–Crippen LogP) is 3.67. The molecule has 5 rings (SSSR count). The lowest BCUT2D eigenvalue weighted by atomic mass is 10.0. The van der Waals surface area contributed by atoms with Crippen LogP contribution in [0.15, 0.2) is 40.6 Å². The second kappa shape index (κ2) is 10.5. The molecule has 210 valence electrons. The molecule has 0 aliphatic carbocycles. The highest BCUT2D eigenvalue weighted by molar-refractivity contribution is 5.95. The van der Waals surface area contributed by atoms with Crippen molar-refractivity contribution in [3.63, 3.8) is 0 Å². The number of aliphatic imine (C=N–C) groups is 1. The first-order valence-electron chi connectivity index (χ1n) is 13.4. The summed E-state index contributed by atoms with van der Waals surface area (Å²) in [4.78, 5) is 35.9. The van der Waals surface area contributed by atoms with E-state index in [9.17, 15) is 18.4 Å². The highest BCUT2D eigenvalue weighted by atomic mass is 19.1. The normalized spacial score (nSPS) is 26.6. The smallest absolute Gasteiger partial charge is 0.410 e. The summed E-state index contributed by atoms with van der Waals surface area (Å²) < 4.78 is 34.0. The summed E-state index contributed by atoms with van der Waals surface area (Å²) in [5.41, 5.74) is -0.272. The van der Waals surface area contributed by atoms with Gasteiger partial charge in [0.1, 0.15) is 29.1 Å². The van der Waals surface area contributed by atoms with Crippen LogP contribution in [0, 0.1) is 11.6 Å². The van der Waals surface area contributed by atoms with Crippen molar-refractivity contribution < 1.29 is 23.1 Å². The third-order valence-electron chi connectivity index (χ3n) is 7.29. The number of benzene rings is 1. The van der Waals surface area contributed by atoms with E-state index in [0.717, 1.165) is 18.6 Å². The number of likely N-dealkylation sites (tertiary alicyclic amines) is 1. The van der Waals surface area contributed by atoms with Gasteiger partial charge in [-0.3, -0.25) is 0 Å². The summed E-state index contributed by atoms with van der Waals surface area (Å²) in [5.74, 6) is -0.267. The van der Waals surface area contributed by atoms with Crippen LogP contribution in [0.2, 0.25) is 0 Å².